The molecule has 0 aromatic heterocycles. The van der Waals surface area contributed by atoms with Gasteiger partial charge in [-0.25, -0.2) is 0 Å². The van der Waals surface area contributed by atoms with E-state index >= 15 is 0 Å². The Labute approximate surface area is 78.9 Å². The number of halogens is 1. The number of benzene rings is 1. The number of rotatable bonds is 4. The van der Waals surface area contributed by atoms with Gasteiger partial charge in [0.05, 0.1) is 0 Å². The van der Waals surface area contributed by atoms with Crippen LogP contribution < -0.4 is 5.32 Å². The van der Waals surface area contributed by atoms with Crippen molar-refractivity contribution in [2.24, 2.45) is 0 Å². The molecule has 0 aliphatic rings. The molecule has 0 atom stereocenters. The van der Waals surface area contributed by atoms with E-state index in [1.807, 2.05) is 24.3 Å². The molecule has 3 nitrogen and oxygen atoms in total. The quantitative estimate of drug-likeness (QED) is 0.488. The van der Waals surface area contributed by atoms with E-state index in [0.29, 0.717) is 6.47 Å². The summed E-state index contributed by atoms with van der Waals surface area (Å²) in [5, 5.41) is 2.90. The van der Waals surface area contributed by atoms with Crippen LogP contribution >= 0.6 is 15.9 Å². The fraction of sp³-hybridized carbons (Fsp3) is 0.125. The van der Waals surface area contributed by atoms with Gasteiger partial charge in [0, 0.05) is 10.2 Å². The number of hydrogen-bond donors (Lipinski definition) is 1. The highest BCUT2D eigenvalue weighted by Crippen LogP contribution is 2.14. The number of hydrogen-bond acceptors (Lipinski definition) is 3. The van der Waals surface area contributed by atoms with Gasteiger partial charge in [0.15, 0.2) is 6.73 Å². The van der Waals surface area contributed by atoms with E-state index in [-0.39, 0.29) is 6.73 Å². The average Bonchev–Trinajstić information content (AvgIpc) is 2.05. The van der Waals surface area contributed by atoms with Crippen molar-refractivity contribution in [3.05, 3.63) is 28.7 Å². The Kier molecular flexibility index (Phi) is 3.60. The van der Waals surface area contributed by atoms with Crippen molar-refractivity contribution in [1.82, 2.24) is 0 Å². The first-order valence-corrected chi connectivity index (χ1v) is 4.17. The molecule has 0 unspecified atom stereocenters. The smallest absolute Gasteiger partial charge is 0.294 e. The summed E-state index contributed by atoms with van der Waals surface area (Å²) in [6.45, 7) is 0.602. The van der Waals surface area contributed by atoms with Crippen molar-refractivity contribution in [3.8, 4) is 0 Å². The van der Waals surface area contributed by atoms with Gasteiger partial charge in [-0.05, 0) is 18.2 Å². The Morgan fingerprint density at radius 2 is 2.42 bits per heavy atom. The van der Waals surface area contributed by atoms with Gasteiger partial charge in [0.25, 0.3) is 6.47 Å². The van der Waals surface area contributed by atoms with E-state index in [4.69, 9.17) is 0 Å². The molecule has 12 heavy (non-hydrogen) atoms. The van der Waals surface area contributed by atoms with Crippen LogP contribution in [0.5, 0.6) is 0 Å². The van der Waals surface area contributed by atoms with Crippen molar-refractivity contribution in [2.75, 3.05) is 12.0 Å². The first kappa shape index (κ1) is 9.06. The molecule has 0 aliphatic carbocycles. The van der Waals surface area contributed by atoms with Crippen LogP contribution in [0.4, 0.5) is 5.69 Å². The summed E-state index contributed by atoms with van der Waals surface area (Å²) in [7, 11) is 0. The summed E-state index contributed by atoms with van der Waals surface area (Å²) in [6, 6.07) is 7.60. The van der Waals surface area contributed by atoms with Crippen LogP contribution in [-0.4, -0.2) is 13.2 Å². The van der Waals surface area contributed by atoms with E-state index in [0.717, 1.165) is 10.2 Å². The highest BCUT2D eigenvalue weighted by Gasteiger charge is 1.90. The Balaban J connectivity index is 2.46. The Morgan fingerprint density at radius 3 is 3.08 bits per heavy atom. The predicted molar refractivity (Wildman–Crippen MR) is 49.8 cm³/mol. The van der Waals surface area contributed by atoms with Crippen LogP contribution in [-0.2, 0) is 9.53 Å². The second-order valence-corrected chi connectivity index (χ2v) is 3.01. The van der Waals surface area contributed by atoms with Crippen LogP contribution in [0.1, 0.15) is 0 Å². The molecule has 4 heteroatoms. The lowest BCUT2D eigenvalue weighted by atomic mass is 10.3. The molecule has 1 aromatic rings. The van der Waals surface area contributed by atoms with Gasteiger partial charge in [-0.1, -0.05) is 22.0 Å². The van der Waals surface area contributed by atoms with Crippen molar-refractivity contribution in [1.29, 1.82) is 0 Å². The van der Waals surface area contributed by atoms with Crippen molar-refractivity contribution < 1.29 is 9.53 Å². The molecule has 0 amide bonds. The second-order valence-electron chi connectivity index (χ2n) is 2.09. The minimum absolute atomic E-state index is 0.194. The molecule has 1 N–H and O–H groups in total. The molecule has 0 saturated carbocycles. The van der Waals surface area contributed by atoms with Gasteiger partial charge < -0.3 is 10.1 Å². The Bertz CT molecular complexity index is 265. The molecule has 1 rings (SSSR count). The molecule has 0 heterocycles. The van der Waals surface area contributed by atoms with Gasteiger partial charge in [-0.2, -0.15) is 0 Å². The van der Waals surface area contributed by atoms with Gasteiger partial charge >= 0.3 is 0 Å². The second kappa shape index (κ2) is 4.77. The highest BCUT2D eigenvalue weighted by atomic mass is 79.9. The first-order chi connectivity index (χ1) is 5.83. The zero-order valence-electron chi connectivity index (χ0n) is 6.29. The van der Waals surface area contributed by atoms with Crippen LogP contribution in [0, 0.1) is 0 Å². The van der Waals surface area contributed by atoms with Gasteiger partial charge in [0.1, 0.15) is 0 Å². The Hall–Kier alpha value is -1.03. The molecule has 0 radical (unpaired) electrons. The largest absolute Gasteiger partial charge is 0.447 e. The van der Waals surface area contributed by atoms with Crippen molar-refractivity contribution >= 4 is 28.1 Å². The van der Waals surface area contributed by atoms with Crippen LogP contribution in [0.2, 0.25) is 0 Å². The number of carbonyl (C=O) groups excluding carboxylic acids is 1. The van der Waals surface area contributed by atoms with Crippen molar-refractivity contribution in [2.45, 2.75) is 0 Å². The summed E-state index contributed by atoms with van der Waals surface area (Å²) in [6.07, 6.45) is 0. The lowest BCUT2D eigenvalue weighted by molar-refractivity contribution is -0.127. The molecule has 64 valence electrons. The third-order valence-corrected chi connectivity index (χ3v) is 1.75. The highest BCUT2D eigenvalue weighted by molar-refractivity contribution is 9.10. The summed E-state index contributed by atoms with van der Waals surface area (Å²) in [4.78, 5) is 9.79. The zero-order valence-corrected chi connectivity index (χ0v) is 7.87. The van der Waals surface area contributed by atoms with Crippen molar-refractivity contribution in [3.63, 3.8) is 0 Å². The SMILES string of the molecule is O=COCNc1cccc(Br)c1. The third kappa shape index (κ3) is 2.92. The fourth-order valence-corrected chi connectivity index (χ4v) is 1.16. The molecular weight excluding hydrogens is 222 g/mol. The maximum Gasteiger partial charge on any atom is 0.294 e. The molecular formula is C8H8BrNO2. The normalized spacial score (nSPS) is 9.08. The average molecular weight is 230 g/mol. The molecule has 0 fully saturated rings. The minimum Gasteiger partial charge on any atom is -0.447 e. The number of anilines is 1. The minimum atomic E-state index is 0.194. The molecule has 1 aromatic carbocycles. The maximum atomic E-state index is 9.79. The van der Waals surface area contributed by atoms with E-state index in [1.54, 1.807) is 0 Å². The summed E-state index contributed by atoms with van der Waals surface area (Å²) < 4.78 is 5.46. The number of ether oxygens (including phenoxy) is 1. The van der Waals surface area contributed by atoms with Crippen LogP contribution in [0.25, 0.3) is 0 Å². The standard InChI is InChI=1S/C8H8BrNO2/c9-7-2-1-3-8(4-7)10-5-12-6-11/h1-4,6,10H,5H2. The summed E-state index contributed by atoms with van der Waals surface area (Å²) >= 11 is 3.32. The van der Waals surface area contributed by atoms with Gasteiger partial charge in [-0.3, -0.25) is 4.79 Å². The van der Waals surface area contributed by atoms with E-state index < -0.39 is 0 Å². The maximum absolute atomic E-state index is 9.79. The lowest BCUT2D eigenvalue weighted by Gasteiger charge is -2.03. The van der Waals surface area contributed by atoms with E-state index in [1.165, 1.54) is 0 Å². The monoisotopic (exact) mass is 229 g/mol. The predicted octanol–water partition coefficient (Wildman–Crippen LogP) is 1.99. The first-order valence-electron chi connectivity index (χ1n) is 3.37. The van der Waals surface area contributed by atoms with E-state index in [9.17, 15) is 4.79 Å². The van der Waals surface area contributed by atoms with Crippen LogP contribution in [0.3, 0.4) is 0 Å². The van der Waals surface area contributed by atoms with Crippen LogP contribution in [0.15, 0.2) is 28.7 Å². The molecule has 0 bridgehead atoms. The topological polar surface area (TPSA) is 38.3 Å². The number of nitrogens with one attached hydrogen (secondary N) is 1. The van der Waals surface area contributed by atoms with Gasteiger partial charge in [0.2, 0.25) is 0 Å². The van der Waals surface area contributed by atoms with Gasteiger partial charge in [-0.15, -0.1) is 0 Å². The fourth-order valence-electron chi connectivity index (χ4n) is 0.757. The Morgan fingerprint density at radius 1 is 1.58 bits per heavy atom. The third-order valence-electron chi connectivity index (χ3n) is 1.25. The lowest BCUT2D eigenvalue weighted by Crippen LogP contribution is -2.04. The summed E-state index contributed by atoms with van der Waals surface area (Å²) in [5.74, 6) is 0. The molecule has 0 spiro atoms. The van der Waals surface area contributed by atoms with E-state index in [2.05, 4.69) is 26.0 Å². The number of carbonyl (C=O) groups is 1. The zero-order chi connectivity index (χ0) is 8.81. The molecule has 0 aliphatic heterocycles. The molecule has 0 saturated heterocycles. The summed E-state index contributed by atoms with van der Waals surface area (Å²) in [5.41, 5.74) is 0.909.